The molecule has 1 heterocycles. The van der Waals surface area contributed by atoms with Crippen LogP contribution in [0, 0.1) is 6.92 Å². The first-order valence-electron chi connectivity index (χ1n) is 5.25. The van der Waals surface area contributed by atoms with E-state index in [2.05, 4.69) is 24.0 Å². The first-order valence-corrected chi connectivity index (χ1v) is 6.61. The number of benzene rings is 1. The lowest BCUT2D eigenvalue weighted by Gasteiger charge is -2.06. The number of nitrogens with two attached hydrogens (primary N) is 1. The third-order valence-corrected chi connectivity index (χ3v) is 3.75. The molecule has 1 aromatic heterocycles. The molecule has 0 amide bonds. The van der Waals surface area contributed by atoms with Crippen LogP contribution < -0.4 is 5.73 Å². The maximum atomic E-state index is 5.86. The van der Waals surface area contributed by atoms with Crippen LogP contribution in [0.4, 0.5) is 5.69 Å². The van der Waals surface area contributed by atoms with E-state index >= 15 is 0 Å². The van der Waals surface area contributed by atoms with Crippen LogP contribution in [0.15, 0.2) is 41.6 Å². The topological polar surface area (TPSA) is 38.9 Å². The lowest BCUT2D eigenvalue weighted by Crippen LogP contribution is -1.93. The number of hydrogen-bond donors (Lipinski definition) is 1. The summed E-state index contributed by atoms with van der Waals surface area (Å²) in [5, 5.41) is 1.40. The fraction of sp³-hybridized carbons (Fsp3) is 0.154. The van der Waals surface area contributed by atoms with E-state index in [-0.39, 0.29) is 0 Å². The van der Waals surface area contributed by atoms with Crippen LogP contribution in [0.5, 0.6) is 0 Å². The highest BCUT2D eigenvalue weighted by Crippen LogP contribution is 2.28. The second-order valence-corrected chi connectivity index (χ2v) is 5.16. The largest absolute Gasteiger partial charge is 0.396 e. The summed E-state index contributed by atoms with van der Waals surface area (Å²) in [6.45, 7) is 2.11. The van der Waals surface area contributed by atoms with Gasteiger partial charge in [-0.25, -0.2) is 4.98 Å². The molecule has 0 bridgehead atoms. The lowest BCUT2D eigenvalue weighted by atomic mass is 10.1. The molecule has 0 fully saturated rings. The fourth-order valence-electron chi connectivity index (χ4n) is 1.48. The molecular weight excluding hydrogens is 252 g/mol. The molecule has 0 saturated heterocycles. The van der Waals surface area contributed by atoms with Crippen LogP contribution >= 0.6 is 23.4 Å². The van der Waals surface area contributed by atoms with Crippen molar-refractivity contribution >= 4 is 29.1 Å². The van der Waals surface area contributed by atoms with E-state index in [4.69, 9.17) is 17.3 Å². The maximum absolute atomic E-state index is 5.86. The minimum Gasteiger partial charge on any atom is -0.396 e. The molecule has 2 nitrogen and oxygen atoms in total. The molecule has 4 heteroatoms. The highest BCUT2D eigenvalue weighted by Gasteiger charge is 2.04. The zero-order valence-corrected chi connectivity index (χ0v) is 11.1. The lowest BCUT2D eigenvalue weighted by molar-refractivity contribution is 1.14. The second-order valence-electron chi connectivity index (χ2n) is 3.76. The smallest absolute Gasteiger partial charge is 0.119 e. The molecule has 0 spiro atoms. The Bertz CT molecular complexity index is 529. The predicted octanol–water partition coefficient (Wildman–Crippen LogP) is 3.92. The Labute approximate surface area is 110 Å². The van der Waals surface area contributed by atoms with Crippen molar-refractivity contribution in [3.63, 3.8) is 0 Å². The maximum Gasteiger partial charge on any atom is 0.119 e. The van der Waals surface area contributed by atoms with Gasteiger partial charge in [-0.3, -0.25) is 0 Å². The molecule has 17 heavy (non-hydrogen) atoms. The van der Waals surface area contributed by atoms with Gasteiger partial charge in [-0.15, -0.1) is 0 Å². The van der Waals surface area contributed by atoms with Gasteiger partial charge >= 0.3 is 0 Å². The average Bonchev–Trinajstić information content (AvgIpc) is 2.30. The van der Waals surface area contributed by atoms with Crippen molar-refractivity contribution in [1.82, 2.24) is 4.98 Å². The van der Waals surface area contributed by atoms with Crippen LogP contribution in [0.3, 0.4) is 0 Å². The molecule has 0 aliphatic carbocycles. The normalized spacial score (nSPS) is 10.5. The number of anilines is 1. The Kier molecular flexibility index (Phi) is 3.92. The standard InChI is InChI=1S/C13H13ClN2S/c1-9-4-2-3-5-10(9)8-17-13-12(15)6-11(14)7-16-13/h2-7H,8,15H2,1H3. The average molecular weight is 265 g/mol. The summed E-state index contributed by atoms with van der Waals surface area (Å²) in [4.78, 5) is 4.23. The van der Waals surface area contributed by atoms with Crippen molar-refractivity contribution in [3.05, 3.63) is 52.7 Å². The number of rotatable bonds is 3. The van der Waals surface area contributed by atoms with Crippen LogP contribution in [-0.4, -0.2) is 4.98 Å². The van der Waals surface area contributed by atoms with Gasteiger partial charge in [0.1, 0.15) is 5.03 Å². The fourth-order valence-corrected chi connectivity index (χ4v) is 2.62. The van der Waals surface area contributed by atoms with Crippen LogP contribution in [0.1, 0.15) is 11.1 Å². The molecule has 0 unspecified atom stereocenters. The predicted molar refractivity (Wildman–Crippen MR) is 74.4 cm³/mol. The quantitative estimate of drug-likeness (QED) is 0.854. The van der Waals surface area contributed by atoms with Gasteiger partial charge in [0.2, 0.25) is 0 Å². The van der Waals surface area contributed by atoms with Gasteiger partial charge in [-0.2, -0.15) is 0 Å². The molecule has 0 aliphatic heterocycles. The van der Waals surface area contributed by atoms with Crippen molar-refractivity contribution in [3.8, 4) is 0 Å². The van der Waals surface area contributed by atoms with E-state index in [9.17, 15) is 0 Å². The van der Waals surface area contributed by atoms with Gasteiger partial charge in [0.05, 0.1) is 10.7 Å². The van der Waals surface area contributed by atoms with Crippen LogP contribution in [0.25, 0.3) is 0 Å². The summed E-state index contributed by atoms with van der Waals surface area (Å²) in [5.41, 5.74) is 9.08. The van der Waals surface area contributed by atoms with E-state index in [0.29, 0.717) is 10.7 Å². The third-order valence-electron chi connectivity index (χ3n) is 2.47. The van der Waals surface area contributed by atoms with Gasteiger partial charge in [-0.1, -0.05) is 47.6 Å². The third kappa shape index (κ3) is 3.14. The van der Waals surface area contributed by atoms with Crippen molar-refractivity contribution in [2.75, 3.05) is 5.73 Å². The van der Waals surface area contributed by atoms with E-state index in [1.807, 2.05) is 12.1 Å². The molecule has 88 valence electrons. The number of aromatic nitrogens is 1. The zero-order valence-electron chi connectivity index (χ0n) is 9.48. The Morgan fingerprint density at radius 3 is 2.82 bits per heavy atom. The van der Waals surface area contributed by atoms with Crippen molar-refractivity contribution in [2.45, 2.75) is 17.7 Å². The monoisotopic (exact) mass is 264 g/mol. The van der Waals surface area contributed by atoms with Crippen molar-refractivity contribution < 1.29 is 0 Å². The van der Waals surface area contributed by atoms with Crippen LogP contribution in [0.2, 0.25) is 5.02 Å². The number of thioether (sulfide) groups is 1. The molecule has 2 N–H and O–H groups in total. The van der Waals surface area contributed by atoms with E-state index in [0.717, 1.165) is 10.8 Å². The first kappa shape index (κ1) is 12.3. The minimum atomic E-state index is 0.572. The molecule has 0 aliphatic rings. The molecular formula is C13H13ClN2S. The number of pyridine rings is 1. The Morgan fingerprint density at radius 2 is 2.12 bits per heavy atom. The van der Waals surface area contributed by atoms with Gasteiger partial charge < -0.3 is 5.73 Å². The second kappa shape index (κ2) is 5.43. The highest BCUT2D eigenvalue weighted by molar-refractivity contribution is 7.98. The van der Waals surface area contributed by atoms with Crippen molar-refractivity contribution in [1.29, 1.82) is 0 Å². The molecule has 0 radical (unpaired) electrons. The molecule has 2 rings (SSSR count). The summed E-state index contributed by atoms with van der Waals surface area (Å²) in [6.07, 6.45) is 1.62. The SMILES string of the molecule is Cc1ccccc1CSc1ncc(Cl)cc1N. The number of nitrogen functional groups attached to an aromatic ring is 1. The van der Waals surface area contributed by atoms with Gasteiger partial charge in [-0.05, 0) is 24.1 Å². The first-order chi connectivity index (χ1) is 8.16. The van der Waals surface area contributed by atoms with E-state index < -0.39 is 0 Å². The summed E-state index contributed by atoms with van der Waals surface area (Å²) in [5.74, 6) is 0.867. The number of nitrogens with zero attached hydrogens (tertiary/aromatic N) is 1. The zero-order chi connectivity index (χ0) is 12.3. The highest BCUT2D eigenvalue weighted by atomic mass is 35.5. The van der Waals surface area contributed by atoms with E-state index in [1.54, 1.807) is 24.0 Å². The molecule has 2 aromatic rings. The summed E-state index contributed by atoms with van der Waals surface area (Å²) in [7, 11) is 0. The molecule has 0 saturated carbocycles. The number of halogens is 1. The number of aryl methyl sites for hydroxylation is 1. The summed E-state index contributed by atoms with van der Waals surface area (Å²) in [6, 6.07) is 10.0. The van der Waals surface area contributed by atoms with Crippen molar-refractivity contribution in [2.24, 2.45) is 0 Å². The molecule has 1 aromatic carbocycles. The molecule has 0 atom stereocenters. The van der Waals surface area contributed by atoms with Gasteiger partial charge in [0.15, 0.2) is 0 Å². The van der Waals surface area contributed by atoms with Crippen LogP contribution in [-0.2, 0) is 5.75 Å². The summed E-state index contributed by atoms with van der Waals surface area (Å²) < 4.78 is 0. The number of hydrogen-bond acceptors (Lipinski definition) is 3. The minimum absolute atomic E-state index is 0.572. The summed E-state index contributed by atoms with van der Waals surface area (Å²) >= 11 is 7.44. The van der Waals surface area contributed by atoms with E-state index in [1.165, 1.54) is 11.1 Å². The Morgan fingerprint density at radius 1 is 1.35 bits per heavy atom. The Hall–Kier alpha value is -1.19. The Balaban J connectivity index is 2.10. The van der Waals surface area contributed by atoms with Gasteiger partial charge in [0, 0.05) is 11.9 Å². The van der Waals surface area contributed by atoms with Gasteiger partial charge in [0.25, 0.3) is 0 Å².